The summed E-state index contributed by atoms with van der Waals surface area (Å²) in [6.07, 6.45) is 1.80. The second-order valence-electron chi connectivity index (χ2n) is 7.41. The summed E-state index contributed by atoms with van der Waals surface area (Å²) in [5.41, 5.74) is 5.12. The van der Waals surface area contributed by atoms with E-state index in [0.717, 1.165) is 33.9 Å². The summed E-state index contributed by atoms with van der Waals surface area (Å²) in [5, 5.41) is 4.32. The monoisotopic (exact) mass is 412 g/mol. The van der Waals surface area contributed by atoms with Crippen LogP contribution in [0, 0.1) is 6.92 Å². The molecule has 1 aliphatic heterocycles. The van der Waals surface area contributed by atoms with Crippen LogP contribution in [-0.4, -0.2) is 39.8 Å². The molecule has 3 heterocycles. The first kappa shape index (κ1) is 19.6. The van der Waals surface area contributed by atoms with Gasteiger partial charge >= 0.3 is 0 Å². The number of methoxy groups -OCH3 is 1. The van der Waals surface area contributed by atoms with Gasteiger partial charge in [-0.05, 0) is 45.0 Å². The fourth-order valence-electron chi connectivity index (χ4n) is 3.55. The Morgan fingerprint density at radius 2 is 1.86 bits per heavy atom. The number of hydrogen-bond acceptors (Lipinski definition) is 5. The minimum atomic E-state index is -3.37. The van der Waals surface area contributed by atoms with Gasteiger partial charge in [-0.25, -0.2) is 13.1 Å². The SMILES string of the molecule is COc1ccccc1-n1nc2c(c1-c1ccc(C)nc1)CN(S(=O)(=O)C(C)C)C2. The number of hydrogen-bond donors (Lipinski definition) is 0. The molecule has 2 aromatic heterocycles. The third kappa shape index (κ3) is 3.32. The molecule has 0 saturated carbocycles. The molecule has 0 bridgehead atoms. The van der Waals surface area contributed by atoms with Gasteiger partial charge in [-0.2, -0.15) is 9.40 Å². The van der Waals surface area contributed by atoms with Crippen LogP contribution in [0.4, 0.5) is 0 Å². The first-order valence-corrected chi connectivity index (χ1v) is 11.0. The Morgan fingerprint density at radius 1 is 1.10 bits per heavy atom. The Bertz CT molecular complexity index is 1150. The van der Waals surface area contributed by atoms with Crippen molar-refractivity contribution in [1.29, 1.82) is 0 Å². The first-order chi connectivity index (χ1) is 13.8. The molecule has 0 fully saturated rings. The van der Waals surface area contributed by atoms with Crippen LogP contribution in [0.5, 0.6) is 5.75 Å². The van der Waals surface area contributed by atoms with E-state index in [1.807, 2.05) is 48.0 Å². The van der Waals surface area contributed by atoms with Crippen LogP contribution in [0.3, 0.4) is 0 Å². The third-order valence-electron chi connectivity index (χ3n) is 5.18. The van der Waals surface area contributed by atoms with E-state index >= 15 is 0 Å². The van der Waals surface area contributed by atoms with E-state index < -0.39 is 15.3 Å². The summed E-state index contributed by atoms with van der Waals surface area (Å²) in [7, 11) is -1.74. The molecule has 29 heavy (non-hydrogen) atoms. The summed E-state index contributed by atoms with van der Waals surface area (Å²) in [4.78, 5) is 4.43. The Balaban J connectivity index is 1.89. The lowest BCUT2D eigenvalue weighted by Gasteiger charge is -2.19. The van der Waals surface area contributed by atoms with Crippen molar-refractivity contribution >= 4 is 10.0 Å². The van der Waals surface area contributed by atoms with Crippen LogP contribution in [-0.2, 0) is 23.1 Å². The number of para-hydroxylation sites is 2. The van der Waals surface area contributed by atoms with Gasteiger partial charge in [-0.15, -0.1) is 0 Å². The van der Waals surface area contributed by atoms with Crippen molar-refractivity contribution in [3.63, 3.8) is 0 Å². The molecule has 8 heteroatoms. The van der Waals surface area contributed by atoms with Gasteiger partial charge in [0.2, 0.25) is 10.0 Å². The molecule has 1 aromatic carbocycles. The van der Waals surface area contributed by atoms with Crippen LogP contribution in [0.15, 0.2) is 42.6 Å². The molecule has 0 unspecified atom stereocenters. The van der Waals surface area contributed by atoms with Crippen molar-refractivity contribution in [1.82, 2.24) is 19.1 Å². The molecule has 4 rings (SSSR count). The number of aromatic nitrogens is 3. The van der Waals surface area contributed by atoms with E-state index in [9.17, 15) is 8.42 Å². The fourth-order valence-corrected chi connectivity index (χ4v) is 4.76. The van der Waals surface area contributed by atoms with Gasteiger partial charge in [0.15, 0.2) is 0 Å². The summed E-state index contributed by atoms with van der Waals surface area (Å²) in [6, 6.07) is 11.6. The molecule has 152 valence electrons. The summed E-state index contributed by atoms with van der Waals surface area (Å²) in [5.74, 6) is 0.696. The van der Waals surface area contributed by atoms with Gasteiger partial charge in [0.1, 0.15) is 11.4 Å². The van der Waals surface area contributed by atoms with Crippen molar-refractivity contribution in [2.45, 2.75) is 39.1 Å². The normalized spacial score (nSPS) is 14.4. The lowest BCUT2D eigenvalue weighted by Crippen LogP contribution is -2.32. The highest BCUT2D eigenvalue weighted by atomic mass is 32.2. The van der Waals surface area contributed by atoms with E-state index in [4.69, 9.17) is 9.84 Å². The van der Waals surface area contributed by atoms with Crippen LogP contribution in [0.2, 0.25) is 0 Å². The van der Waals surface area contributed by atoms with Crippen molar-refractivity contribution < 1.29 is 13.2 Å². The van der Waals surface area contributed by atoms with Crippen LogP contribution >= 0.6 is 0 Å². The number of fused-ring (bicyclic) bond motifs is 1. The van der Waals surface area contributed by atoms with Gasteiger partial charge in [0.25, 0.3) is 0 Å². The lowest BCUT2D eigenvalue weighted by atomic mass is 10.1. The predicted molar refractivity (Wildman–Crippen MR) is 111 cm³/mol. The first-order valence-electron chi connectivity index (χ1n) is 9.49. The maximum atomic E-state index is 12.7. The Hall–Kier alpha value is -2.71. The number of aryl methyl sites for hydroxylation is 1. The van der Waals surface area contributed by atoms with Crippen molar-refractivity contribution in [3.05, 3.63) is 59.5 Å². The van der Waals surface area contributed by atoms with Gasteiger partial charge < -0.3 is 4.74 Å². The Kier molecular flexibility index (Phi) is 4.92. The van der Waals surface area contributed by atoms with Gasteiger partial charge in [-0.1, -0.05) is 12.1 Å². The van der Waals surface area contributed by atoms with Crippen LogP contribution in [0.1, 0.15) is 30.8 Å². The smallest absolute Gasteiger partial charge is 0.217 e. The molecule has 1 aliphatic rings. The highest BCUT2D eigenvalue weighted by Gasteiger charge is 2.36. The van der Waals surface area contributed by atoms with Crippen molar-refractivity contribution in [2.24, 2.45) is 0 Å². The second kappa shape index (κ2) is 7.27. The molecular formula is C21H24N4O3S. The second-order valence-corrected chi connectivity index (χ2v) is 9.90. The van der Waals surface area contributed by atoms with E-state index in [2.05, 4.69) is 4.98 Å². The molecular weight excluding hydrogens is 388 g/mol. The average molecular weight is 413 g/mol. The molecule has 0 amide bonds. The number of ether oxygens (including phenoxy) is 1. The van der Waals surface area contributed by atoms with E-state index in [0.29, 0.717) is 12.3 Å². The largest absolute Gasteiger partial charge is 0.494 e. The molecule has 0 aliphatic carbocycles. The van der Waals surface area contributed by atoms with Gasteiger partial charge in [-0.3, -0.25) is 4.98 Å². The quantitative estimate of drug-likeness (QED) is 0.643. The third-order valence-corrected chi connectivity index (χ3v) is 7.35. The molecule has 0 radical (unpaired) electrons. The zero-order valence-corrected chi connectivity index (χ0v) is 17.8. The Labute approximate surface area is 171 Å². The standard InChI is InChI=1S/C21H24N4O3S/c1-14(2)29(26,27)24-12-17-18(13-24)23-25(19-7-5-6-8-20(19)28-4)21(17)16-10-9-15(3)22-11-16/h5-11,14H,12-13H2,1-4H3. The van der Waals surface area contributed by atoms with Crippen molar-refractivity contribution in [2.75, 3.05) is 7.11 Å². The zero-order chi connectivity index (χ0) is 20.8. The van der Waals surface area contributed by atoms with Gasteiger partial charge in [0, 0.05) is 29.6 Å². The van der Waals surface area contributed by atoms with Crippen LogP contribution < -0.4 is 4.74 Å². The van der Waals surface area contributed by atoms with E-state index in [1.165, 1.54) is 4.31 Å². The number of sulfonamides is 1. The maximum Gasteiger partial charge on any atom is 0.217 e. The minimum Gasteiger partial charge on any atom is -0.494 e. The highest BCUT2D eigenvalue weighted by molar-refractivity contribution is 7.89. The summed E-state index contributed by atoms with van der Waals surface area (Å²) >= 11 is 0. The van der Waals surface area contributed by atoms with Gasteiger partial charge in [0.05, 0.1) is 30.3 Å². The summed E-state index contributed by atoms with van der Waals surface area (Å²) < 4.78 is 34.3. The van der Waals surface area contributed by atoms with Crippen LogP contribution in [0.25, 0.3) is 16.9 Å². The number of benzene rings is 1. The fraction of sp³-hybridized carbons (Fsp3) is 0.333. The number of rotatable bonds is 5. The zero-order valence-electron chi connectivity index (χ0n) is 17.0. The molecule has 0 N–H and O–H groups in total. The van der Waals surface area contributed by atoms with E-state index in [1.54, 1.807) is 27.2 Å². The molecule has 3 aromatic rings. The predicted octanol–water partition coefficient (Wildman–Crippen LogP) is 3.31. The number of pyridine rings is 1. The molecule has 7 nitrogen and oxygen atoms in total. The topological polar surface area (TPSA) is 77.3 Å². The molecule has 0 atom stereocenters. The minimum absolute atomic E-state index is 0.268. The average Bonchev–Trinajstić information content (AvgIpc) is 3.27. The van der Waals surface area contributed by atoms with Crippen molar-refractivity contribution in [3.8, 4) is 22.7 Å². The lowest BCUT2D eigenvalue weighted by molar-refractivity contribution is 0.409. The maximum absolute atomic E-state index is 12.7. The number of nitrogens with zero attached hydrogens (tertiary/aromatic N) is 4. The summed E-state index contributed by atoms with van der Waals surface area (Å²) in [6.45, 7) is 5.90. The highest BCUT2D eigenvalue weighted by Crippen LogP contribution is 2.37. The molecule has 0 saturated heterocycles. The Morgan fingerprint density at radius 3 is 2.52 bits per heavy atom. The molecule has 0 spiro atoms. The van der Waals surface area contributed by atoms with E-state index in [-0.39, 0.29) is 6.54 Å².